The number of piperidine rings is 1. The number of rotatable bonds is 4. The molecule has 1 fully saturated rings. The van der Waals surface area contributed by atoms with Gasteiger partial charge in [-0.15, -0.1) is 0 Å². The van der Waals surface area contributed by atoms with E-state index >= 15 is 0 Å². The number of amides is 1. The highest BCUT2D eigenvalue weighted by Crippen LogP contribution is 2.35. The number of nitrogens with one attached hydrogen (secondary N) is 2. The van der Waals surface area contributed by atoms with Crippen LogP contribution in [0.2, 0.25) is 0 Å². The SMILES string of the molecule is O=C1NCc2c(-c3cnc4ccccn34)ccc(Nc3ccc(N4CC[C@@H](F)[C@H](O)C4)cn3)c21. The van der Waals surface area contributed by atoms with Gasteiger partial charge in [-0.3, -0.25) is 9.20 Å². The fourth-order valence-electron chi connectivity index (χ4n) is 4.75. The highest BCUT2D eigenvalue weighted by molar-refractivity contribution is 6.06. The number of nitrogens with zero attached hydrogens (tertiary/aromatic N) is 4. The van der Waals surface area contributed by atoms with Crippen LogP contribution < -0.4 is 15.5 Å². The number of imidazole rings is 1. The van der Waals surface area contributed by atoms with Crippen LogP contribution in [0.3, 0.4) is 0 Å². The number of halogens is 1. The van der Waals surface area contributed by atoms with Gasteiger partial charge in [-0.1, -0.05) is 12.1 Å². The maximum absolute atomic E-state index is 13.6. The monoisotopic (exact) mass is 458 g/mol. The van der Waals surface area contributed by atoms with Gasteiger partial charge in [0.2, 0.25) is 0 Å². The summed E-state index contributed by atoms with van der Waals surface area (Å²) >= 11 is 0. The molecule has 1 aromatic carbocycles. The van der Waals surface area contributed by atoms with E-state index in [1.807, 2.05) is 64.2 Å². The minimum absolute atomic E-state index is 0.132. The molecule has 0 bridgehead atoms. The molecule has 2 aliphatic heterocycles. The molecule has 172 valence electrons. The minimum Gasteiger partial charge on any atom is -0.388 e. The second-order valence-corrected chi connectivity index (χ2v) is 8.61. The Morgan fingerprint density at radius 1 is 1.12 bits per heavy atom. The van der Waals surface area contributed by atoms with Crippen molar-refractivity contribution >= 4 is 28.7 Å². The van der Waals surface area contributed by atoms with Crippen molar-refractivity contribution in [2.75, 3.05) is 23.3 Å². The van der Waals surface area contributed by atoms with E-state index in [1.165, 1.54) is 0 Å². The average Bonchev–Trinajstić information content (AvgIpc) is 3.46. The van der Waals surface area contributed by atoms with E-state index in [0.29, 0.717) is 36.6 Å². The van der Waals surface area contributed by atoms with Crippen LogP contribution in [0, 0.1) is 0 Å². The molecule has 0 aliphatic carbocycles. The molecular weight excluding hydrogens is 435 g/mol. The Hall–Kier alpha value is -3.98. The first-order valence-corrected chi connectivity index (χ1v) is 11.2. The second kappa shape index (κ2) is 8.11. The zero-order chi connectivity index (χ0) is 23.2. The molecule has 9 heteroatoms. The predicted molar refractivity (Wildman–Crippen MR) is 127 cm³/mol. The summed E-state index contributed by atoms with van der Waals surface area (Å²) in [4.78, 5) is 23.6. The van der Waals surface area contributed by atoms with Crippen LogP contribution in [-0.4, -0.2) is 50.7 Å². The predicted octanol–water partition coefficient (Wildman–Crippen LogP) is 3.29. The van der Waals surface area contributed by atoms with Crippen LogP contribution in [0.5, 0.6) is 0 Å². The summed E-state index contributed by atoms with van der Waals surface area (Å²) in [5.74, 6) is 0.460. The molecule has 8 nitrogen and oxygen atoms in total. The summed E-state index contributed by atoms with van der Waals surface area (Å²) in [6.45, 7) is 1.22. The number of β-amino-alcohol motifs (C(OH)–C–C–N with tert-alkyl or cyclic N) is 1. The third kappa shape index (κ3) is 3.45. The van der Waals surface area contributed by atoms with Crippen molar-refractivity contribution in [3.8, 4) is 11.3 Å². The number of alkyl halides is 1. The van der Waals surface area contributed by atoms with Gasteiger partial charge in [-0.05, 0) is 42.3 Å². The fraction of sp³-hybridized carbons (Fsp3) is 0.240. The third-order valence-corrected chi connectivity index (χ3v) is 6.53. The average molecular weight is 458 g/mol. The summed E-state index contributed by atoms with van der Waals surface area (Å²) in [6.07, 6.45) is 3.60. The number of hydrogen-bond donors (Lipinski definition) is 3. The molecule has 0 saturated carbocycles. The standard InChI is InChI=1S/C25H23FN6O2/c26-18-8-10-31(14-21(18)33)15-4-7-22(27-11-15)30-19-6-5-16(17-12-29-25(34)24(17)19)20-13-28-23-3-1-2-9-32(20)23/h1-7,9,11,13,18,21,33H,8,10,12,14H2,(H,27,30)(H,29,34)/t18-,21-/m1/s1. The Kier molecular flexibility index (Phi) is 4.91. The largest absolute Gasteiger partial charge is 0.388 e. The fourth-order valence-corrected chi connectivity index (χ4v) is 4.75. The van der Waals surface area contributed by atoms with E-state index in [0.717, 1.165) is 28.2 Å². The van der Waals surface area contributed by atoms with Crippen molar-refractivity contribution in [2.24, 2.45) is 0 Å². The highest BCUT2D eigenvalue weighted by atomic mass is 19.1. The third-order valence-electron chi connectivity index (χ3n) is 6.53. The topological polar surface area (TPSA) is 94.8 Å². The van der Waals surface area contributed by atoms with Crippen molar-refractivity contribution in [3.63, 3.8) is 0 Å². The number of pyridine rings is 2. The lowest BCUT2D eigenvalue weighted by molar-refractivity contribution is 0.0645. The summed E-state index contributed by atoms with van der Waals surface area (Å²) < 4.78 is 15.6. The van der Waals surface area contributed by atoms with Gasteiger partial charge in [-0.25, -0.2) is 14.4 Å². The molecule has 34 heavy (non-hydrogen) atoms. The lowest BCUT2D eigenvalue weighted by Gasteiger charge is -2.33. The molecule has 3 aromatic heterocycles. The molecule has 0 radical (unpaired) electrons. The normalized spacial score (nSPS) is 19.8. The van der Waals surface area contributed by atoms with Gasteiger partial charge in [-0.2, -0.15) is 0 Å². The maximum Gasteiger partial charge on any atom is 0.254 e. The van der Waals surface area contributed by atoms with Crippen molar-refractivity contribution in [1.82, 2.24) is 19.7 Å². The van der Waals surface area contributed by atoms with Gasteiger partial charge in [0.15, 0.2) is 0 Å². The number of aromatic nitrogens is 3. The Morgan fingerprint density at radius 3 is 2.85 bits per heavy atom. The van der Waals surface area contributed by atoms with Crippen molar-refractivity contribution in [3.05, 3.63) is 72.2 Å². The number of fused-ring (bicyclic) bond motifs is 2. The Balaban J connectivity index is 1.29. The van der Waals surface area contributed by atoms with E-state index in [9.17, 15) is 14.3 Å². The van der Waals surface area contributed by atoms with Crippen LogP contribution >= 0.6 is 0 Å². The van der Waals surface area contributed by atoms with E-state index in [2.05, 4.69) is 20.6 Å². The zero-order valence-corrected chi connectivity index (χ0v) is 18.3. The van der Waals surface area contributed by atoms with Crippen LogP contribution in [0.1, 0.15) is 22.3 Å². The summed E-state index contributed by atoms with van der Waals surface area (Å²) in [5.41, 5.74) is 5.74. The number of aliphatic hydroxyl groups is 1. The quantitative estimate of drug-likeness (QED) is 0.435. The summed E-state index contributed by atoms with van der Waals surface area (Å²) in [7, 11) is 0. The number of benzene rings is 1. The van der Waals surface area contributed by atoms with Gasteiger partial charge in [0.25, 0.3) is 5.91 Å². The first-order valence-electron chi connectivity index (χ1n) is 11.2. The van der Waals surface area contributed by atoms with E-state index in [4.69, 9.17) is 0 Å². The number of anilines is 3. The number of aliphatic hydroxyl groups excluding tert-OH is 1. The molecule has 5 heterocycles. The van der Waals surface area contributed by atoms with E-state index in [1.54, 1.807) is 6.20 Å². The minimum atomic E-state index is -1.18. The summed E-state index contributed by atoms with van der Waals surface area (Å²) in [6, 6.07) is 13.4. The Bertz CT molecular complexity index is 1390. The molecule has 0 unspecified atom stereocenters. The molecule has 2 atom stereocenters. The first kappa shape index (κ1) is 20.6. The number of carbonyl (C=O) groups is 1. The smallest absolute Gasteiger partial charge is 0.254 e. The highest BCUT2D eigenvalue weighted by Gasteiger charge is 2.29. The lowest BCUT2D eigenvalue weighted by atomic mass is 9.99. The Morgan fingerprint density at radius 2 is 2.03 bits per heavy atom. The van der Waals surface area contributed by atoms with Gasteiger partial charge >= 0.3 is 0 Å². The van der Waals surface area contributed by atoms with Crippen molar-refractivity contribution in [2.45, 2.75) is 25.2 Å². The molecule has 0 spiro atoms. The number of hydrogen-bond acceptors (Lipinski definition) is 6. The van der Waals surface area contributed by atoms with Gasteiger partial charge in [0, 0.05) is 31.4 Å². The second-order valence-electron chi connectivity index (χ2n) is 8.61. The van der Waals surface area contributed by atoms with Gasteiger partial charge in [0.1, 0.15) is 23.7 Å². The zero-order valence-electron chi connectivity index (χ0n) is 18.3. The molecule has 2 aliphatic rings. The lowest BCUT2D eigenvalue weighted by Crippen LogP contribution is -2.45. The van der Waals surface area contributed by atoms with E-state index in [-0.39, 0.29) is 12.5 Å². The molecule has 1 amide bonds. The van der Waals surface area contributed by atoms with Crippen molar-refractivity contribution in [1.29, 1.82) is 0 Å². The molecule has 1 saturated heterocycles. The molecular formula is C25H23FN6O2. The van der Waals surface area contributed by atoms with E-state index < -0.39 is 12.3 Å². The molecule has 4 aromatic rings. The van der Waals surface area contributed by atoms with Crippen LogP contribution in [-0.2, 0) is 6.54 Å². The van der Waals surface area contributed by atoms with Gasteiger partial charge < -0.3 is 20.6 Å². The van der Waals surface area contributed by atoms with Gasteiger partial charge in [0.05, 0.1) is 35.0 Å². The Labute approximate surface area is 195 Å². The van der Waals surface area contributed by atoms with Crippen LogP contribution in [0.25, 0.3) is 16.9 Å². The maximum atomic E-state index is 13.6. The van der Waals surface area contributed by atoms with Crippen LogP contribution in [0.4, 0.5) is 21.6 Å². The van der Waals surface area contributed by atoms with Crippen LogP contribution in [0.15, 0.2) is 61.1 Å². The first-order chi connectivity index (χ1) is 16.6. The summed E-state index contributed by atoms with van der Waals surface area (Å²) in [5, 5.41) is 16.0. The van der Waals surface area contributed by atoms with Crippen molar-refractivity contribution < 1.29 is 14.3 Å². The molecule has 6 rings (SSSR count). The molecule has 3 N–H and O–H groups in total. The number of carbonyl (C=O) groups excluding carboxylic acids is 1.